The van der Waals surface area contributed by atoms with Gasteiger partial charge in [0, 0.05) is 33.7 Å². The van der Waals surface area contributed by atoms with Crippen LogP contribution in [0.1, 0.15) is 0 Å². The van der Waals surface area contributed by atoms with Gasteiger partial charge in [0.1, 0.15) is 16.9 Å². The fourth-order valence-corrected chi connectivity index (χ4v) is 6.82. The van der Waals surface area contributed by atoms with Gasteiger partial charge in [-0.1, -0.05) is 121 Å². The van der Waals surface area contributed by atoms with Gasteiger partial charge in [0.25, 0.3) is 0 Å². The molecule has 6 aromatic carbocycles. The summed E-state index contributed by atoms with van der Waals surface area (Å²) in [5.74, 6) is 1.69. The average molecular weight is 681 g/mol. The van der Waals surface area contributed by atoms with Crippen molar-refractivity contribution in [3.05, 3.63) is 170 Å². The lowest BCUT2D eigenvalue weighted by Gasteiger charge is -2.12. The van der Waals surface area contributed by atoms with Crippen LogP contribution in [0, 0.1) is 0 Å². The van der Waals surface area contributed by atoms with Gasteiger partial charge in [-0.25, -0.2) is 24.9 Å². The van der Waals surface area contributed by atoms with Crippen molar-refractivity contribution in [2.75, 3.05) is 0 Å². The Hall–Kier alpha value is -7.38. The van der Waals surface area contributed by atoms with Gasteiger partial charge in [-0.05, 0) is 53.6 Å². The summed E-state index contributed by atoms with van der Waals surface area (Å²) in [4.78, 5) is 30.0. The minimum absolute atomic E-state index is 0.543. The maximum atomic E-state index is 6.39. The van der Waals surface area contributed by atoms with Crippen molar-refractivity contribution in [3.63, 3.8) is 0 Å². The van der Waals surface area contributed by atoms with Crippen LogP contribution >= 0.6 is 0 Å². The largest absolute Gasteiger partial charge is 0.455 e. The molecule has 4 heterocycles. The first kappa shape index (κ1) is 30.4. The molecule has 0 saturated heterocycles. The van der Waals surface area contributed by atoms with Gasteiger partial charge < -0.3 is 4.42 Å². The van der Waals surface area contributed by atoms with E-state index in [-0.39, 0.29) is 0 Å². The molecule has 0 radical (unpaired) electrons. The molecule has 10 rings (SSSR count). The molecule has 53 heavy (non-hydrogen) atoms. The SMILES string of the molecule is c1ccc(-c2nc(-c3cccc(-c4ccc5nc(-c6ccccc6)c(-c6ccccn6)nc5c4)c3)nc(-c3cccc4c3oc3ccccc34)n2)cc1. The summed E-state index contributed by atoms with van der Waals surface area (Å²) < 4.78 is 6.39. The monoisotopic (exact) mass is 680 g/mol. The highest BCUT2D eigenvalue weighted by Crippen LogP contribution is 2.37. The Morgan fingerprint density at radius 1 is 0.377 bits per heavy atom. The number of pyridine rings is 1. The Morgan fingerprint density at radius 2 is 1.02 bits per heavy atom. The molecule has 7 heteroatoms. The van der Waals surface area contributed by atoms with Crippen LogP contribution in [-0.2, 0) is 0 Å². The number of para-hydroxylation sites is 2. The number of fused-ring (bicyclic) bond motifs is 4. The molecule has 0 unspecified atom stereocenters. The fraction of sp³-hybridized carbons (Fsp3) is 0. The normalized spacial score (nSPS) is 11.4. The molecule has 248 valence electrons. The van der Waals surface area contributed by atoms with Crippen molar-refractivity contribution in [2.45, 2.75) is 0 Å². The molecule has 0 aliphatic carbocycles. The predicted octanol–water partition coefficient (Wildman–Crippen LogP) is 11.1. The smallest absolute Gasteiger partial charge is 0.167 e. The number of furan rings is 1. The zero-order valence-corrected chi connectivity index (χ0v) is 28.3. The van der Waals surface area contributed by atoms with Crippen LogP contribution in [0.15, 0.2) is 174 Å². The molecule has 7 nitrogen and oxygen atoms in total. The second kappa shape index (κ2) is 12.7. The summed E-state index contributed by atoms with van der Waals surface area (Å²) in [5, 5.41) is 2.07. The van der Waals surface area contributed by atoms with E-state index in [1.807, 2.05) is 115 Å². The van der Waals surface area contributed by atoms with Crippen LogP contribution in [0.4, 0.5) is 0 Å². The minimum Gasteiger partial charge on any atom is -0.455 e. The van der Waals surface area contributed by atoms with Crippen molar-refractivity contribution in [2.24, 2.45) is 0 Å². The number of hydrogen-bond acceptors (Lipinski definition) is 7. The molecule has 0 N–H and O–H groups in total. The van der Waals surface area contributed by atoms with E-state index in [2.05, 4.69) is 53.5 Å². The zero-order valence-electron chi connectivity index (χ0n) is 28.3. The number of rotatable bonds is 6. The lowest BCUT2D eigenvalue weighted by molar-refractivity contribution is 0.669. The van der Waals surface area contributed by atoms with Gasteiger partial charge in [-0.2, -0.15) is 0 Å². The first-order valence-corrected chi connectivity index (χ1v) is 17.4. The molecule has 4 aromatic heterocycles. The maximum absolute atomic E-state index is 6.39. The van der Waals surface area contributed by atoms with E-state index in [1.54, 1.807) is 6.20 Å². The van der Waals surface area contributed by atoms with E-state index >= 15 is 0 Å². The molecule has 0 amide bonds. The Kier molecular flexibility index (Phi) is 7.32. The van der Waals surface area contributed by atoms with Gasteiger partial charge in [0.15, 0.2) is 17.5 Å². The van der Waals surface area contributed by atoms with E-state index in [0.717, 1.165) is 83.4 Å². The van der Waals surface area contributed by atoms with Gasteiger partial charge in [0.2, 0.25) is 0 Å². The van der Waals surface area contributed by atoms with Crippen molar-refractivity contribution >= 4 is 33.0 Å². The Labute approximate surface area is 304 Å². The molecule has 0 spiro atoms. The Morgan fingerprint density at radius 3 is 1.85 bits per heavy atom. The van der Waals surface area contributed by atoms with Crippen LogP contribution in [0.25, 0.3) is 101 Å². The highest BCUT2D eigenvalue weighted by Gasteiger charge is 2.19. The summed E-state index contributed by atoms with van der Waals surface area (Å²) in [6, 6.07) is 54.6. The van der Waals surface area contributed by atoms with Crippen molar-refractivity contribution in [1.29, 1.82) is 0 Å². The van der Waals surface area contributed by atoms with Gasteiger partial charge in [-0.15, -0.1) is 0 Å². The number of benzene rings is 6. The Bertz CT molecular complexity index is 2950. The van der Waals surface area contributed by atoms with Crippen LogP contribution in [-0.4, -0.2) is 29.9 Å². The van der Waals surface area contributed by atoms with Crippen molar-refractivity contribution in [3.8, 4) is 67.9 Å². The van der Waals surface area contributed by atoms with E-state index in [0.29, 0.717) is 17.5 Å². The van der Waals surface area contributed by atoms with Crippen LogP contribution in [0.5, 0.6) is 0 Å². The van der Waals surface area contributed by atoms with Crippen LogP contribution in [0.3, 0.4) is 0 Å². The van der Waals surface area contributed by atoms with Gasteiger partial charge >= 0.3 is 0 Å². The number of aromatic nitrogens is 6. The maximum Gasteiger partial charge on any atom is 0.167 e. The summed E-state index contributed by atoms with van der Waals surface area (Å²) in [6.07, 6.45) is 1.78. The average Bonchev–Trinajstić information content (AvgIpc) is 3.63. The molecular formula is C46H28N6O. The number of hydrogen-bond donors (Lipinski definition) is 0. The molecule has 0 saturated carbocycles. The Balaban J connectivity index is 1.10. The molecule has 0 fully saturated rings. The predicted molar refractivity (Wildman–Crippen MR) is 211 cm³/mol. The number of nitrogens with zero attached hydrogens (tertiary/aromatic N) is 6. The highest BCUT2D eigenvalue weighted by atomic mass is 16.3. The van der Waals surface area contributed by atoms with Gasteiger partial charge in [-0.3, -0.25) is 4.98 Å². The van der Waals surface area contributed by atoms with E-state index in [1.165, 1.54) is 0 Å². The second-order valence-electron chi connectivity index (χ2n) is 12.7. The lowest BCUT2D eigenvalue weighted by atomic mass is 10.0. The molecule has 0 aliphatic rings. The topological polar surface area (TPSA) is 90.5 Å². The molecule has 10 aromatic rings. The third kappa shape index (κ3) is 5.57. The van der Waals surface area contributed by atoms with Crippen LogP contribution < -0.4 is 0 Å². The minimum atomic E-state index is 0.543. The molecule has 0 atom stereocenters. The first-order chi connectivity index (χ1) is 26.2. The zero-order chi connectivity index (χ0) is 35.1. The molecule has 0 aliphatic heterocycles. The molecule has 0 bridgehead atoms. The third-order valence-corrected chi connectivity index (χ3v) is 9.39. The van der Waals surface area contributed by atoms with E-state index in [9.17, 15) is 0 Å². The fourth-order valence-electron chi connectivity index (χ4n) is 6.82. The third-order valence-electron chi connectivity index (χ3n) is 9.39. The van der Waals surface area contributed by atoms with Crippen molar-refractivity contribution in [1.82, 2.24) is 29.9 Å². The van der Waals surface area contributed by atoms with Gasteiger partial charge in [0.05, 0.1) is 28.0 Å². The summed E-state index contributed by atoms with van der Waals surface area (Å²) >= 11 is 0. The lowest BCUT2D eigenvalue weighted by Crippen LogP contribution is -2.00. The second-order valence-corrected chi connectivity index (χ2v) is 12.7. The first-order valence-electron chi connectivity index (χ1n) is 17.4. The summed E-state index contributed by atoms with van der Waals surface area (Å²) in [5.41, 5.74) is 11.0. The summed E-state index contributed by atoms with van der Waals surface area (Å²) in [6.45, 7) is 0. The van der Waals surface area contributed by atoms with Crippen LogP contribution in [0.2, 0.25) is 0 Å². The van der Waals surface area contributed by atoms with E-state index in [4.69, 9.17) is 29.3 Å². The quantitative estimate of drug-likeness (QED) is 0.173. The molecular weight excluding hydrogens is 653 g/mol. The van der Waals surface area contributed by atoms with Crippen molar-refractivity contribution < 1.29 is 4.42 Å². The van der Waals surface area contributed by atoms with E-state index < -0.39 is 0 Å². The summed E-state index contributed by atoms with van der Waals surface area (Å²) in [7, 11) is 0. The highest BCUT2D eigenvalue weighted by molar-refractivity contribution is 6.09. The standard InChI is InChI=1S/C46H28N6O/c1-3-13-29(14-4-1)41-42(38-22-9-10-26-47-38)49-39-28-32(24-25-37(39)48-41)31-17-11-18-33(27-31)45-50-44(30-15-5-2-6-16-30)51-46(52-45)36-21-12-20-35-34-19-7-8-23-40(34)53-43(35)36/h1-28H.